The van der Waals surface area contributed by atoms with Crippen LogP contribution in [-0.4, -0.2) is 0 Å². The highest BCUT2D eigenvalue weighted by Crippen LogP contribution is 2.51. The van der Waals surface area contributed by atoms with Gasteiger partial charge < -0.3 is 0 Å². The average Bonchev–Trinajstić information content (AvgIpc) is 2.64. The first-order valence-corrected chi connectivity index (χ1v) is 11.7. The lowest BCUT2D eigenvalue weighted by molar-refractivity contribution is 0.207. The molecule has 170 valence electrons. The van der Waals surface area contributed by atoms with Crippen LogP contribution < -0.4 is 0 Å². The lowest BCUT2D eigenvalue weighted by atomic mass is 9.62. The van der Waals surface area contributed by atoms with E-state index in [-0.39, 0.29) is 32.5 Å². The molecule has 1 heteroatoms. The Morgan fingerprint density at radius 3 is 1.47 bits per heavy atom. The first-order valence-electron chi connectivity index (χ1n) is 11.7. The highest BCUT2D eigenvalue weighted by molar-refractivity contribution is 5.42. The fourth-order valence-corrected chi connectivity index (χ4v) is 5.24. The van der Waals surface area contributed by atoms with Crippen molar-refractivity contribution in [3.63, 3.8) is 0 Å². The normalized spacial score (nSPS) is 21.6. The van der Waals surface area contributed by atoms with Crippen molar-refractivity contribution in [2.75, 3.05) is 0 Å². The van der Waals surface area contributed by atoms with Gasteiger partial charge in [-0.3, -0.25) is 0 Å². The van der Waals surface area contributed by atoms with Gasteiger partial charge in [-0.15, -0.1) is 0 Å². The standard InChI is InChI=1S/C29H49N/c1-24(2,3)20-27(9,10)22-14-15-23(19-29(13,18-22)25(4,5)6)28(11,12)21-26(7,8)16-17-30/h14-15,18-19H,16,20-21H2,1-13H3. The molecular formula is C29H49N. The summed E-state index contributed by atoms with van der Waals surface area (Å²) >= 11 is 0. The predicted molar refractivity (Wildman–Crippen MR) is 133 cm³/mol. The molecule has 0 radical (unpaired) electrons. The van der Waals surface area contributed by atoms with Crippen LogP contribution in [-0.2, 0) is 0 Å². The lowest BCUT2D eigenvalue weighted by Crippen LogP contribution is -2.32. The maximum absolute atomic E-state index is 9.27. The summed E-state index contributed by atoms with van der Waals surface area (Å²) in [4.78, 5) is 0. The van der Waals surface area contributed by atoms with Gasteiger partial charge in [-0.2, -0.15) is 5.26 Å². The van der Waals surface area contributed by atoms with Gasteiger partial charge in [-0.05, 0) is 51.1 Å². The van der Waals surface area contributed by atoms with E-state index in [0.29, 0.717) is 6.42 Å². The molecule has 0 saturated heterocycles. The predicted octanol–water partition coefficient (Wildman–Crippen LogP) is 9.28. The first kappa shape index (κ1) is 26.7. The van der Waals surface area contributed by atoms with Crippen LogP contribution in [0.2, 0.25) is 0 Å². The van der Waals surface area contributed by atoms with Crippen molar-refractivity contribution in [1.82, 2.24) is 0 Å². The van der Waals surface area contributed by atoms with E-state index >= 15 is 0 Å². The van der Waals surface area contributed by atoms with E-state index in [2.05, 4.69) is 120 Å². The fraction of sp³-hybridized carbons (Fsp3) is 0.759. The quantitative estimate of drug-likeness (QED) is 0.427. The smallest absolute Gasteiger partial charge is 0.0627 e. The number of hydrogen-bond acceptors (Lipinski definition) is 1. The van der Waals surface area contributed by atoms with Gasteiger partial charge in [0.25, 0.3) is 0 Å². The Labute approximate surface area is 188 Å². The number of rotatable bonds is 6. The zero-order valence-electron chi connectivity index (χ0n) is 22.4. The van der Waals surface area contributed by atoms with Crippen LogP contribution in [0, 0.1) is 43.8 Å². The highest BCUT2D eigenvalue weighted by Gasteiger charge is 2.40. The van der Waals surface area contributed by atoms with Crippen LogP contribution in [0.1, 0.15) is 109 Å². The number of nitrogens with zero attached hydrogens (tertiary/aromatic N) is 1. The molecule has 0 bridgehead atoms. The Balaban J connectivity index is 3.54. The molecule has 1 aliphatic rings. The van der Waals surface area contributed by atoms with Crippen LogP contribution in [0.15, 0.2) is 35.5 Å². The van der Waals surface area contributed by atoms with Gasteiger partial charge in [0.15, 0.2) is 0 Å². The van der Waals surface area contributed by atoms with E-state index in [1.54, 1.807) is 0 Å². The van der Waals surface area contributed by atoms with Gasteiger partial charge in [0.05, 0.1) is 6.07 Å². The topological polar surface area (TPSA) is 23.8 Å². The molecule has 0 heterocycles. The van der Waals surface area contributed by atoms with Crippen molar-refractivity contribution in [3.8, 4) is 6.07 Å². The molecule has 0 saturated carbocycles. The molecule has 0 fully saturated rings. The van der Waals surface area contributed by atoms with E-state index in [1.165, 1.54) is 11.1 Å². The number of allylic oxidation sites excluding steroid dienone is 6. The molecule has 0 spiro atoms. The summed E-state index contributed by atoms with van der Waals surface area (Å²) in [5.41, 5.74) is 3.27. The van der Waals surface area contributed by atoms with Crippen molar-refractivity contribution < 1.29 is 0 Å². The molecule has 0 aliphatic heterocycles. The Bertz CT molecular complexity index is 748. The molecular weight excluding hydrogens is 362 g/mol. The van der Waals surface area contributed by atoms with E-state index in [0.717, 1.165) is 12.8 Å². The molecule has 1 unspecified atom stereocenters. The minimum atomic E-state index is -0.0486. The summed E-state index contributed by atoms with van der Waals surface area (Å²) in [6, 6.07) is 2.39. The Kier molecular flexibility index (Phi) is 7.43. The summed E-state index contributed by atoms with van der Waals surface area (Å²) in [6.07, 6.45) is 12.5. The fourth-order valence-electron chi connectivity index (χ4n) is 5.24. The molecule has 1 rings (SSSR count). The van der Waals surface area contributed by atoms with E-state index in [1.807, 2.05) is 0 Å². The molecule has 0 aromatic carbocycles. The minimum absolute atomic E-state index is 0.000813. The second-order valence-electron chi connectivity index (χ2n) is 14.2. The molecule has 1 atom stereocenters. The minimum Gasteiger partial charge on any atom is -0.198 e. The van der Waals surface area contributed by atoms with E-state index < -0.39 is 0 Å². The maximum atomic E-state index is 9.27. The van der Waals surface area contributed by atoms with Gasteiger partial charge in [0.1, 0.15) is 0 Å². The van der Waals surface area contributed by atoms with Crippen LogP contribution in [0.25, 0.3) is 0 Å². The Morgan fingerprint density at radius 2 is 1.13 bits per heavy atom. The summed E-state index contributed by atoms with van der Waals surface area (Å²) in [6.45, 7) is 30.4. The zero-order valence-corrected chi connectivity index (χ0v) is 22.4. The molecule has 1 nitrogen and oxygen atoms in total. The highest BCUT2D eigenvalue weighted by atomic mass is 14.4. The average molecular weight is 412 g/mol. The molecule has 0 aromatic rings. The van der Waals surface area contributed by atoms with Crippen molar-refractivity contribution in [2.24, 2.45) is 32.5 Å². The lowest BCUT2D eigenvalue weighted by Gasteiger charge is -2.42. The third kappa shape index (κ3) is 6.87. The number of nitriles is 1. The zero-order chi connectivity index (χ0) is 23.8. The van der Waals surface area contributed by atoms with Gasteiger partial charge in [0.2, 0.25) is 0 Å². The van der Waals surface area contributed by atoms with Crippen LogP contribution in [0.3, 0.4) is 0 Å². The Morgan fingerprint density at radius 1 is 0.733 bits per heavy atom. The maximum Gasteiger partial charge on any atom is 0.0627 e. The van der Waals surface area contributed by atoms with Crippen molar-refractivity contribution in [1.29, 1.82) is 5.26 Å². The van der Waals surface area contributed by atoms with Crippen molar-refractivity contribution in [2.45, 2.75) is 109 Å². The Hall–Kier alpha value is -1.29. The van der Waals surface area contributed by atoms with Gasteiger partial charge in [-0.25, -0.2) is 0 Å². The second kappa shape index (κ2) is 8.33. The molecule has 0 N–H and O–H groups in total. The summed E-state index contributed by atoms with van der Waals surface area (Å²) in [5.74, 6) is 0. The SMILES string of the molecule is CC(C)(C)CC(C)(C)C1=CC(C)(C(C)(C)C)C=C(C(C)(C)CC(C)(C)CC#N)C=C1. The first-order chi connectivity index (χ1) is 13.1. The van der Waals surface area contributed by atoms with Gasteiger partial charge in [0, 0.05) is 11.8 Å². The monoisotopic (exact) mass is 411 g/mol. The largest absolute Gasteiger partial charge is 0.198 e. The van der Waals surface area contributed by atoms with Crippen molar-refractivity contribution in [3.05, 3.63) is 35.5 Å². The van der Waals surface area contributed by atoms with E-state index in [4.69, 9.17) is 0 Å². The third-order valence-electron chi connectivity index (χ3n) is 6.98. The summed E-state index contributed by atoms with van der Waals surface area (Å²) in [7, 11) is 0. The molecule has 30 heavy (non-hydrogen) atoms. The second-order valence-corrected chi connectivity index (χ2v) is 14.2. The van der Waals surface area contributed by atoms with Crippen LogP contribution in [0.5, 0.6) is 0 Å². The third-order valence-corrected chi connectivity index (χ3v) is 6.98. The summed E-state index contributed by atoms with van der Waals surface area (Å²) < 4.78 is 0. The summed E-state index contributed by atoms with van der Waals surface area (Å²) in [5, 5.41) is 9.27. The van der Waals surface area contributed by atoms with Gasteiger partial charge >= 0.3 is 0 Å². The van der Waals surface area contributed by atoms with Crippen molar-refractivity contribution >= 4 is 0 Å². The van der Waals surface area contributed by atoms with E-state index in [9.17, 15) is 5.26 Å². The molecule has 0 aromatic heterocycles. The van der Waals surface area contributed by atoms with Crippen LogP contribution >= 0.6 is 0 Å². The van der Waals surface area contributed by atoms with Crippen LogP contribution in [0.4, 0.5) is 0 Å². The molecule has 0 amide bonds. The molecule has 1 aliphatic carbocycles. The number of hydrogen-bond donors (Lipinski definition) is 0. The van der Waals surface area contributed by atoms with Gasteiger partial charge in [-0.1, -0.05) is 114 Å².